The van der Waals surface area contributed by atoms with E-state index in [-0.39, 0.29) is 0 Å². The summed E-state index contributed by atoms with van der Waals surface area (Å²) in [6.45, 7) is 0. The lowest BCUT2D eigenvalue weighted by atomic mass is 10.0. The number of thiophene rings is 1. The summed E-state index contributed by atoms with van der Waals surface area (Å²) in [5.74, 6) is 0. The number of sulfonamides is 1. The van der Waals surface area contributed by atoms with E-state index in [1.54, 1.807) is 16.4 Å². The molecule has 0 amide bonds. The fourth-order valence-electron chi connectivity index (χ4n) is 2.53. The molecule has 2 atom stereocenters. The smallest absolute Gasteiger partial charge is 0.206 e. The Morgan fingerprint density at radius 3 is 2.47 bits per heavy atom. The van der Waals surface area contributed by atoms with Gasteiger partial charge in [0.2, 0.25) is 0 Å². The molecule has 1 aromatic rings. The molecule has 1 saturated heterocycles. The molecule has 1 aliphatic carbocycles. The van der Waals surface area contributed by atoms with Gasteiger partial charge in [0, 0.05) is 12.1 Å². The van der Waals surface area contributed by atoms with Crippen LogP contribution in [0, 0.1) is 0 Å². The minimum Gasteiger partial charge on any atom is -0.206 e. The Morgan fingerprint density at radius 2 is 1.93 bits per heavy atom. The van der Waals surface area contributed by atoms with Gasteiger partial charge < -0.3 is 0 Å². The molecule has 1 aromatic heterocycles. The van der Waals surface area contributed by atoms with Gasteiger partial charge in [0.05, 0.1) is 0 Å². The van der Waals surface area contributed by atoms with Crippen LogP contribution in [0.4, 0.5) is 0 Å². The highest BCUT2D eigenvalue weighted by Crippen LogP contribution is 2.45. The van der Waals surface area contributed by atoms with Gasteiger partial charge in [0.1, 0.15) is 4.21 Å². The molecule has 2 aliphatic rings. The van der Waals surface area contributed by atoms with Crippen LogP contribution in [-0.2, 0) is 10.0 Å². The van der Waals surface area contributed by atoms with Crippen LogP contribution in [0.2, 0.25) is 0 Å². The van der Waals surface area contributed by atoms with Crippen molar-refractivity contribution < 1.29 is 8.42 Å². The zero-order valence-electron chi connectivity index (χ0n) is 8.30. The van der Waals surface area contributed by atoms with Gasteiger partial charge in [-0.25, -0.2) is 8.42 Å². The molecule has 0 aromatic carbocycles. The predicted molar refractivity (Wildman–Crippen MR) is 59.4 cm³/mol. The molecule has 0 bridgehead atoms. The van der Waals surface area contributed by atoms with Gasteiger partial charge in [0.15, 0.2) is 0 Å². The van der Waals surface area contributed by atoms with Crippen molar-refractivity contribution in [1.82, 2.24) is 4.31 Å². The molecule has 1 aliphatic heterocycles. The first-order chi connectivity index (χ1) is 7.21. The Hall–Kier alpha value is -0.390. The van der Waals surface area contributed by atoms with E-state index < -0.39 is 10.0 Å². The molecule has 2 unspecified atom stereocenters. The first kappa shape index (κ1) is 9.81. The van der Waals surface area contributed by atoms with Crippen molar-refractivity contribution in [3.63, 3.8) is 0 Å². The SMILES string of the molecule is O=S(=O)(c1cccs1)N1C2CCCCC21. The molecule has 15 heavy (non-hydrogen) atoms. The molecule has 2 heterocycles. The van der Waals surface area contributed by atoms with Crippen molar-refractivity contribution in [3.8, 4) is 0 Å². The molecule has 3 nitrogen and oxygen atoms in total. The molecular formula is C10H13NO2S2. The predicted octanol–water partition coefficient (Wildman–Crippen LogP) is 2.06. The summed E-state index contributed by atoms with van der Waals surface area (Å²) in [5, 5.41) is 1.82. The first-order valence-corrected chi connectivity index (χ1v) is 7.60. The minimum atomic E-state index is -3.15. The lowest BCUT2D eigenvalue weighted by molar-refractivity contribution is 0.547. The van der Waals surface area contributed by atoms with E-state index in [0.29, 0.717) is 16.3 Å². The monoisotopic (exact) mass is 243 g/mol. The fourth-order valence-corrected chi connectivity index (χ4v) is 5.49. The largest absolute Gasteiger partial charge is 0.253 e. The van der Waals surface area contributed by atoms with Gasteiger partial charge in [-0.2, -0.15) is 4.31 Å². The van der Waals surface area contributed by atoms with E-state index >= 15 is 0 Å². The summed E-state index contributed by atoms with van der Waals surface area (Å²) in [6.07, 6.45) is 4.46. The molecule has 1 saturated carbocycles. The van der Waals surface area contributed by atoms with Gasteiger partial charge in [-0.3, -0.25) is 0 Å². The maximum absolute atomic E-state index is 12.2. The van der Waals surface area contributed by atoms with E-state index in [1.807, 2.05) is 5.38 Å². The molecule has 82 valence electrons. The molecule has 0 radical (unpaired) electrons. The normalized spacial score (nSPS) is 34.8. The molecule has 5 heteroatoms. The van der Waals surface area contributed by atoms with Gasteiger partial charge in [-0.15, -0.1) is 11.3 Å². The number of nitrogens with zero attached hydrogens (tertiary/aromatic N) is 1. The van der Waals surface area contributed by atoms with E-state index in [4.69, 9.17) is 0 Å². The van der Waals surface area contributed by atoms with Crippen LogP contribution in [0.5, 0.6) is 0 Å². The third-order valence-electron chi connectivity index (χ3n) is 3.28. The fraction of sp³-hybridized carbons (Fsp3) is 0.600. The molecule has 0 N–H and O–H groups in total. The summed E-state index contributed by atoms with van der Waals surface area (Å²) in [7, 11) is -3.15. The summed E-state index contributed by atoms with van der Waals surface area (Å²) in [5.41, 5.74) is 0. The maximum atomic E-state index is 12.2. The van der Waals surface area contributed by atoms with Crippen LogP contribution in [-0.4, -0.2) is 24.8 Å². The van der Waals surface area contributed by atoms with Crippen molar-refractivity contribution in [2.24, 2.45) is 0 Å². The Balaban J connectivity index is 1.90. The van der Waals surface area contributed by atoms with Crippen molar-refractivity contribution in [3.05, 3.63) is 17.5 Å². The Kier molecular flexibility index (Phi) is 2.16. The Labute approximate surface area is 93.8 Å². The number of hydrogen-bond acceptors (Lipinski definition) is 3. The summed E-state index contributed by atoms with van der Waals surface area (Å²) in [6, 6.07) is 4.12. The van der Waals surface area contributed by atoms with Crippen molar-refractivity contribution in [1.29, 1.82) is 0 Å². The van der Waals surface area contributed by atoms with Crippen molar-refractivity contribution in [2.75, 3.05) is 0 Å². The minimum absolute atomic E-state index is 0.311. The molecule has 0 spiro atoms. The maximum Gasteiger partial charge on any atom is 0.253 e. The van der Waals surface area contributed by atoms with Gasteiger partial charge in [-0.1, -0.05) is 18.9 Å². The van der Waals surface area contributed by atoms with Gasteiger partial charge >= 0.3 is 0 Å². The van der Waals surface area contributed by atoms with Crippen LogP contribution in [0.25, 0.3) is 0 Å². The second-order valence-electron chi connectivity index (χ2n) is 4.19. The number of fused-ring (bicyclic) bond motifs is 1. The average Bonchev–Trinajstić information content (AvgIpc) is 2.71. The van der Waals surface area contributed by atoms with E-state index in [0.717, 1.165) is 12.8 Å². The van der Waals surface area contributed by atoms with Crippen LogP contribution in [0.3, 0.4) is 0 Å². The highest BCUT2D eigenvalue weighted by Gasteiger charge is 2.55. The van der Waals surface area contributed by atoms with Crippen LogP contribution < -0.4 is 0 Å². The number of hydrogen-bond donors (Lipinski definition) is 0. The third kappa shape index (κ3) is 1.45. The zero-order chi connectivity index (χ0) is 10.5. The van der Waals surface area contributed by atoms with Crippen LogP contribution >= 0.6 is 11.3 Å². The van der Waals surface area contributed by atoms with Crippen molar-refractivity contribution in [2.45, 2.75) is 42.0 Å². The lowest BCUT2D eigenvalue weighted by Crippen LogP contribution is -2.14. The molecular weight excluding hydrogens is 230 g/mol. The van der Waals surface area contributed by atoms with Gasteiger partial charge in [0.25, 0.3) is 10.0 Å². The highest BCUT2D eigenvalue weighted by atomic mass is 32.2. The number of rotatable bonds is 2. The van der Waals surface area contributed by atoms with Gasteiger partial charge in [-0.05, 0) is 24.3 Å². The average molecular weight is 243 g/mol. The van der Waals surface area contributed by atoms with E-state index in [9.17, 15) is 8.42 Å². The summed E-state index contributed by atoms with van der Waals surface area (Å²) in [4.78, 5) is 0. The molecule has 2 fully saturated rings. The zero-order valence-corrected chi connectivity index (χ0v) is 9.93. The standard InChI is InChI=1S/C10H13NO2S2/c12-15(13,10-6-3-7-14-10)11-8-4-1-2-5-9(8)11/h3,6-9H,1-2,4-5H2. The third-order valence-corrected chi connectivity index (χ3v) is 6.61. The highest BCUT2D eigenvalue weighted by molar-refractivity contribution is 7.91. The second kappa shape index (κ2) is 3.30. The quantitative estimate of drug-likeness (QED) is 0.746. The summed E-state index contributed by atoms with van der Waals surface area (Å²) >= 11 is 1.31. The van der Waals surface area contributed by atoms with Crippen LogP contribution in [0.1, 0.15) is 25.7 Å². The van der Waals surface area contributed by atoms with Crippen molar-refractivity contribution >= 4 is 21.4 Å². The van der Waals surface area contributed by atoms with E-state index in [1.165, 1.54) is 24.2 Å². The summed E-state index contributed by atoms with van der Waals surface area (Å²) < 4.78 is 26.5. The van der Waals surface area contributed by atoms with E-state index in [2.05, 4.69) is 0 Å². The molecule has 3 rings (SSSR count). The second-order valence-corrected chi connectivity index (χ2v) is 7.20. The first-order valence-electron chi connectivity index (χ1n) is 5.28. The van der Waals surface area contributed by atoms with Crippen LogP contribution in [0.15, 0.2) is 21.7 Å². The Morgan fingerprint density at radius 1 is 1.27 bits per heavy atom. The lowest BCUT2D eigenvalue weighted by Gasteiger charge is -2.02. The Bertz CT molecular complexity index is 440. The topological polar surface area (TPSA) is 37.1 Å².